The Morgan fingerprint density at radius 1 is 0.855 bits per heavy atom. The minimum Gasteiger partial charge on any atom is -0.389 e. The van der Waals surface area contributed by atoms with Crippen molar-refractivity contribution in [3.05, 3.63) is 114 Å². The molecule has 4 aromatic heterocycles. The number of nitrogens with zero attached hydrogens (tertiary/aromatic N) is 6. The molecule has 0 saturated heterocycles. The summed E-state index contributed by atoms with van der Waals surface area (Å²) >= 11 is 1.07. The Labute approximate surface area is 398 Å². The van der Waals surface area contributed by atoms with Gasteiger partial charge in [-0.05, 0) is 66.7 Å². The first-order valence-electron chi connectivity index (χ1n) is 20.1. The Morgan fingerprint density at radius 2 is 1.52 bits per heavy atom. The van der Waals surface area contributed by atoms with E-state index in [0.29, 0.717) is 38.3 Å². The van der Waals surface area contributed by atoms with Gasteiger partial charge in [0.2, 0.25) is 5.95 Å². The molecule has 4 atom stereocenters. The van der Waals surface area contributed by atoms with Gasteiger partial charge in [0.05, 0.1) is 58.0 Å². The van der Waals surface area contributed by atoms with Gasteiger partial charge in [-0.1, -0.05) is 45.0 Å². The number of rotatable bonds is 12. The second kappa shape index (κ2) is 19.8. The molecule has 366 valence electrons. The van der Waals surface area contributed by atoms with Crippen LogP contribution in [0.3, 0.4) is 0 Å². The average molecular weight is 1040 g/mol. The van der Waals surface area contributed by atoms with Gasteiger partial charge in [0.15, 0.2) is 16.4 Å². The lowest BCUT2D eigenvalue weighted by atomic mass is 9.98. The topological polar surface area (TPSA) is 249 Å². The van der Waals surface area contributed by atoms with Crippen molar-refractivity contribution >= 4 is 66.5 Å². The maximum Gasteiger partial charge on any atom is 0.446 e. The van der Waals surface area contributed by atoms with Crippen molar-refractivity contribution in [2.24, 2.45) is 0 Å². The zero-order valence-corrected chi connectivity index (χ0v) is 39.5. The highest BCUT2D eigenvalue weighted by Gasteiger charge is 2.43. The first-order chi connectivity index (χ1) is 32.3. The third-order valence-corrected chi connectivity index (χ3v) is 14.8. The Morgan fingerprint density at radius 3 is 2.19 bits per heavy atom. The zero-order valence-electron chi connectivity index (χ0n) is 36.3. The number of nitrogen functional groups attached to an aromatic ring is 1. The first-order valence-corrected chi connectivity index (χ1v) is 24.6. The smallest absolute Gasteiger partial charge is 0.389 e. The van der Waals surface area contributed by atoms with Gasteiger partial charge in [0.25, 0.3) is 10.0 Å². The van der Waals surface area contributed by atoms with Crippen molar-refractivity contribution in [3.8, 4) is 33.1 Å². The summed E-state index contributed by atoms with van der Waals surface area (Å²) in [7, 11) is -7.89. The lowest BCUT2D eigenvalue weighted by Gasteiger charge is -2.19. The molecule has 7 aromatic rings. The highest BCUT2D eigenvalue weighted by atomic mass is 32.2. The van der Waals surface area contributed by atoms with Crippen LogP contribution in [0.4, 0.5) is 43.8 Å². The van der Waals surface area contributed by atoms with Gasteiger partial charge in [0, 0.05) is 39.9 Å². The molecule has 7 N–H and O–H groups in total. The van der Waals surface area contributed by atoms with Crippen LogP contribution >= 0.6 is 23.1 Å². The molecule has 3 aromatic carbocycles. The monoisotopic (exact) mass is 1040 g/mol. The number of aliphatic hydroxyl groups excluding tert-OH is 2. The lowest BCUT2D eigenvalue weighted by Crippen LogP contribution is -2.43. The average Bonchev–Trinajstić information content (AvgIpc) is 3.98. The van der Waals surface area contributed by atoms with Crippen LogP contribution in [0.25, 0.3) is 38.7 Å². The van der Waals surface area contributed by atoms with Crippen molar-refractivity contribution in [2.45, 2.75) is 72.2 Å². The van der Waals surface area contributed by atoms with Crippen molar-refractivity contribution in [1.82, 2.24) is 34.3 Å². The molecule has 69 heavy (non-hydrogen) atoms. The fraction of sp³-hybridized carbons (Fsp3) is 0.262. The Balaban J connectivity index is 0.000000204. The number of nitrogens with two attached hydrogens (primary N) is 1. The van der Waals surface area contributed by atoms with Crippen LogP contribution in [0.5, 0.6) is 0 Å². The highest BCUT2D eigenvalue weighted by Crippen LogP contribution is 2.42. The molecule has 0 radical (unpaired) electrons. The fourth-order valence-electron chi connectivity index (χ4n) is 6.94. The highest BCUT2D eigenvalue weighted by molar-refractivity contribution is 8.00. The molecule has 8 rings (SSSR count). The Bertz CT molecular complexity index is 3230. The molecule has 0 spiro atoms. The van der Waals surface area contributed by atoms with Gasteiger partial charge in [-0.25, -0.2) is 41.5 Å². The van der Waals surface area contributed by atoms with E-state index in [4.69, 9.17) is 5.73 Å². The lowest BCUT2D eigenvalue weighted by molar-refractivity contribution is -0.0328. The van der Waals surface area contributed by atoms with Gasteiger partial charge in [-0.3, -0.25) is 8.91 Å². The number of thiazole rings is 1. The number of fused-ring (bicyclic) bond motifs is 1. The van der Waals surface area contributed by atoms with Crippen LogP contribution in [-0.4, -0.2) is 93.5 Å². The predicted molar refractivity (Wildman–Crippen MR) is 246 cm³/mol. The van der Waals surface area contributed by atoms with Gasteiger partial charge >= 0.3 is 15.8 Å². The summed E-state index contributed by atoms with van der Waals surface area (Å²) in [6.45, 7) is 5.83. The number of thioether (sulfide) groups is 1. The van der Waals surface area contributed by atoms with Crippen LogP contribution in [0.2, 0.25) is 0 Å². The first kappa shape index (κ1) is 50.9. The molecule has 1 fully saturated rings. The van der Waals surface area contributed by atoms with Gasteiger partial charge in [0.1, 0.15) is 23.6 Å². The normalized spacial score (nSPS) is 17.7. The van der Waals surface area contributed by atoms with Crippen LogP contribution in [0.15, 0.2) is 101 Å². The van der Waals surface area contributed by atoms with Crippen LogP contribution in [0, 0.1) is 17.5 Å². The SMILES string of the molecule is CC(C)(C)c1nc(-c2cccc(NS(=O)(=O)c3c(F)cccc3F)c2F)c(-c2ccnc(N)n2)s1.COS(=O)(=O)NC1CC(Nc2ccnc3cc(-c4cccc(SC(F)(F)F)c4)nn23)C(O)C1O. The number of aliphatic hydroxyl groups is 2. The molecule has 4 unspecified atom stereocenters. The number of aromatic nitrogens is 6. The van der Waals surface area contributed by atoms with Gasteiger partial charge < -0.3 is 21.3 Å². The number of benzene rings is 3. The number of anilines is 3. The van der Waals surface area contributed by atoms with Crippen LogP contribution in [0.1, 0.15) is 32.2 Å². The summed E-state index contributed by atoms with van der Waals surface area (Å²) < 4.78 is 141. The molecular weight excluding hydrogens is 999 g/mol. The van der Waals surface area contributed by atoms with Gasteiger partial charge in [-0.15, -0.1) is 11.3 Å². The van der Waals surface area contributed by atoms with E-state index < -0.39 is 78.2 Å². The number of halogens is 6. The standard InChI is InChI=1S/C23H20F3N5O2S2.C19H20F3N5O5S2/c1-23(2,3)21-30-18(19(34-21)16-10-11-28-22(27)29-16)12-6-4-9-15(17(12)26)31-35(32,33)20-13(24)7-5-8-14(20)25;1-32-34(30,31)26-14-8-13(17(28)18(14)29)24-15-5-6-23-16-9-12(25-27(15)16)10-3-2-4-11(7-10)33-19(20,21)22/h4-11,31H,1-3H3,(H2,27,28,29);2-7,9,13-14,17-18,24,26,28-29H,8H2,1H3. The second-order valence-corrected chi connectivity index (χ2v) is 21.3. The molecule has 1 aliphatic rings. The molecule has 0 amide bonds. The zero-order chi connectivity index (χ0) is 50.2. The molecule has 1 saturated carbocycles. The molecular formula is C42H40F6N10O7S4. The summed E-state index contributed by atoms with van der Waals surface area (Å²) in [5, 5.41) is 28.8. The summed E-state index contributed by atoms with van der Waals surface area (Å²) in [5.41, 5.74) is 2.26. The van der Waals surface area contributed by atoms with E-state index in [1.165, 1.54) is 58.6 Å². The van der Waals surface area contributed by atoms with E-state index in [0.717, 1.165) is 31.4 Å². The van der Waals surface area contributed by atoms with E-state index in [1.807, 2.05) is 25.5 Å². The number of sulfonamides is 1. The summed E-state index contributed by atoms with van der Waals surface area (Å²) in [6.07, 6.45) is 0.282. The van der Waals surface area contributed by atoms with Crippen molar-refractivity contribution < 1.29 is 57.6 Å². The molecule has 17 nitrogen and oxygen atoms in total. The third kappa shape index (κ3) is 11.7. The van der Waals surface area contributed by atoms with E-state index in [9.17, 15) is 49.0 Å². The second-order valence-electron chi connectivity index (χ2n) is 16.1. The number of hydrogen-bond donors (Lipinski definition) is 6. The molecule has 0 bridgehead atoms. The summed E-state index contributed by atoms with van der Waals surface area (Å²) in [5.74, 6) is -3.17. The quantitative estimate of drug-likeness (QED) is 0.0526. The minimum atomic E-state index is -4.78. The van der Waals surface area contributed by atoms with Crippen LogP contribution in [-0.2, 0) is 29.9 Å². The molecule has 4 heterocycles. The maximum absolute atomic E-state index is 15.7. The van der Waals surface area contributed by atoms with Crippen molar-refractivity contribution in [1.29, 1.82) is 0 Å². The van der Waals surface area contributed by atoms with Crippen molar-refractivity contribution in [2.75, 3.05) is 22.9 Å². The summed E-state index contributed by atoms with van der Waals surface area (Å²) in [6, 6.07) is 15.5. The van der Waals surface area contributed by atoms with E-state index in [2.05, 4.69) is 39.3 Å². The van der Waals surface area contributed by atoms with E-state index >= 15 is 4.39 Å². The van der Waals surface area contributed by atoms with Crippen molar-refractivity contribution in [3.63, 3.8) is 0 Å². The minimum absolute atomic E-state index is 0.0148. The fourth-order valence-corrected chi connectivity index (χ4v) is 10.5. The Hall–Kier alpha value is -5.94. The van der Waals surface area contributed by atoms with Gasteiger partial charge in [-0.2, -0.15) is 35.9 Å². The number of hydrogen-bond acceptors (Lipinski definition) is 16. The maximum atomic E-state index is 15.7. The predicted octanol–water partition coefficient (Wildman–Crippen LogP) is 7.13. The molecule has 0 aliphatic heterocycles. The summed E-state index contributed by atoms with van der Waals surface area (Å²) in [4.78, 5) is 16.2. The van der Waals surface area contributed by atoms with E-state index in [1.54, 1.807) is 24.3 Å². The molecule has 1 aliphatic carbocycles. The number of nitrogens with one attached hydrogen (secondary N) is 3. The number of alkyl halides is 3. The van der Waals surface area contributed by atoms with E-state index in [-0.39, 0.29) is 45.7 Å². The van der Waals surface area contributed by atoms with Crippen LogP contribution < -0.4 is 20.5 Å². The largest absolute Gasteiger partial charge is 0.446 e. The third-order valence-electron chi connectivity index (χ3n) is 10.1. The Kier molecular flexibility index (Phi) is 14.6. The molecule has 27 heteroatoms.